The Bertz CT molecular complexity index is 1120. The molecule has 1 amide bonds. The van der Waals surface area contributed by atoms with Crippen LogP contribution in [0.3, 0.4) is 0 Å². The minimum atomic E-state index is -3.69. The summed E-state index contributed by atoms with van der Waals surface area (Å²) < 4.78 is 50.6. The zero-order chi connectivity index (χ0) is 21.3. The first kappa shape index (κ1) is 22.1. The van der Waals surface area contributed by atoms with Crippen molar-refractivity contribution in [3.63, 3.8) is 0 Å². The number of anilines is 1. The highest BCUT2D eigenvalue weighted by molar-refractivity contribution is 7.91. The lowest BCUT2D eigenvalue weighted by Gasteiger charge is -2.17. The van der Waals surface area contributed by atoms with Crippen LogP contribution in [0.5, 0.6) is 0 Å². The van der Waals surface area contributed by atoms with Gasteiger partial charge in [-0.05, 0) is 49.2 Å². The van der Waals surface area contributed by atoms with E-state index in [9.17, 15) is 21.6 Å². The maximum atomic E-state index is 12.8. The molecule has 2 rings (SSSR count). The zero-order valence-electron chi connectivity index (χ0n) is 16.5. The van der Waals surface area contributed by atoms with Gasteiger partial charge in [-0.15, -0.1) is 0 Å². The van der Waals surface area contributed by atoms with Crippen molar-refractivity contribution in [3.8, 4) is 0 Å². The van der Waals surface area contributed by atoms with Crippen molar-refractivity contribution in [2.24, 2.45) is 0 Å². The number of nitrogens with one attached hydrogen (secondary N) is 1. The minimum absolute atomic E-state index is 0.0160. The molecule has 0 bridgehead atoms. The average Bonchev–Trinajstić information content (AvgIpc) is 2.64. The van der Waals surface area contributed by atoms with Gasteiger partial charge >= 0.3 is 0 Å². The van der Waals surface area contributed by atoms with Crippen molar-refractivity contribution < 1.29 is 21.6 Å². The van der Waals surface area contributed by atoms with E-state index in [1.54, 1.807) is 26.0 Å². The molecule has 28 heavy (non-hydrogen) atoms. The minimum Gasteiger partial charge on any atom is -0.322 e. The Labute approximate surface area is 166 Å². The SMILES string of the molecule is CCS(=O)(=O)c1ccccc1C(=O)Nc1cc(S(=O)(=O)N(C)C)cc(C)c1C. The summed E-state index contributed by atoms with van der Waals surface area (Å²) in [5, 5.41) is 2.67. The summed E-state index contributed by atoms with van der Waals surface area (Å²) in [6.07, 6.45) is 0. The monoisotopic (exact) mass is 424 g/mol. The number of nitrogens with zero attached hydrogens (tertiary/aromatic N) is 1. The molecule has 1 N–H and O–H groups in total. The number of sulfone groups is 1. The Balaban J connectivity index is 2.54. The fourth-order valence-corrected chi connectivity index (χ4v) is 4.69. The highest BCUT2D eigenvalue weighted by atomic mass is 32.2. The molecule has 2 aromatic carbocycles. The molecule has 152 valence electrons. The number of rotatable bonds is 6. The third-order valence-electron chi connectivity index (χ3n) is 4.51. The Morgan fingerprint density at radius 1 is 1.04 bits per heavy atom. The average molecular weight is 425 g/mol. The summed E-state index contributed by atoms with van der Waals surface area (Å²) >= 11 is 0. The largest absolute Gasteiger partial charge is 0.322 e. The molecule has 0 heterocycles. The smallest absolute Gasteiger partial charge is 0.256 e. The van der Waals surface area contributed by atoms with Crippen molar-refractivity contribution in [3.05, 3.63) is 53.1 Å². The Morgan fingerprint density at radius 2 is 1.64 bits per heavy atom. The van der Waals surface area contributed by atoms with Crippen LogP contribution in [0.15, 0.2) is 46.2 Å². The van der Waals surface area contributed by atoms with Crippen molar-refractivity contribution in [1.29, 1.82) is 0 Å². The van der Waals surface area contributed by atoms with Gasteiger partial charge in [0.25, 0.3) is 5.91 Å². The molecule has 0 fully saturated rings. The van der Waals surface area contributed by atoms with Gasteiger partial charge in [0, 0.05) is 19.8 Å². The van der Waals surface area contributed by atoms with Gasteiger partial charge in [-0.3, -0.25) is 4.79 Å². The van der Waals surface area contributed by atoms with Crippen molar-refractivity contribution in [2.75, 3.05) is 25.2 Å². The van der Waals surface area contributed by atoms with Gasteiger partial charge in [0.2, 0.25) is 10.0 Å². The fraction of sp³-hybridized carbons (Fsp3) is 0.316. The first-order chi connectivity index (χ1) is 12.9. The number of benzene rings is 2. The lowest BCUT2D eigenvalue weighted by Crippen LogP contribution is -2.23. The van der Waals surface area contributed by atoms with E-state index in [0.717, 1.165) is 4.31 Å². The second-order valence-electron chi connectivity index (χ2n) is 6.55. The molecule has 0 aliphatic heterocycles. The Kier molecular flexibility index (Phi) is 6.32. The molecule has 2 aromatic rings. The number of hydrogen-bond donors (Lipinski definition) is 1. The Hall–Kier alpha value is -2.23. The number of aryl methyl sites for hydroxylation is 1. The topological polar surface area (TPSA) is 101 Å². The maximum Gasteiger partial charge on any atom is 0.256 e. The van der Waals surface area contributed by atoms with Gasteiger partial charge in [0.1, 0.15) is 0 Å². The maximum absolute atomic E-state index is 12.8. The van der Waals surface area contributed by atoms with Crippen LogP contribution in [0.25, 0.3) is 0 Å². The summed E-state index contributed by atoms with van der Waals surface area (Å²) in [5.41, 5.74) is 1.71. The molecule has 0 saturated heterocycles. The summed E-state index contributed by atoms with van der Waals surface area (Å²) in [4.78, 5) is 12.8. The number of amides is 1. The van der Waals surface area contributed by atoms with E-state index in [1.165, 1.54) is 45.3 Å². The van der Waals surface area contributed by atoms with Crippen LogP contribution in [0, 0.1) is 13.8 Å². The molecular weight excluding hydrogens is 400 g/mol. The molecule has 0 saturated carbocycles. The van der Waals surface area contributed by atoms with E-state index < -0.39 is 25.8 Å². The first-order valence-corrected chi connectivity index (χ1v) is 11.7. The van der Waals surface area contributed by atoms with E-state index in [-0.39, 0.29) is 21.1 Å². The van der Waals surface area contributed by atoms with Gasteiger partial charge < -0.3 is 5.32 Å². The third kappa shape index (κ3) is 4.26. The second-order valence-corrected chi connectivity index (χ2v) is 11.0. The van der Waals surface area contributed by atoms with Crippen LogP contribution in [-0.2, 0) is 19.9 Å². The fourth-order valence-electron chi connectivity index (χ4n) is 2.59. The van der Waals surface area contributed by atoms with Crippen LogP contribution in [0.4, 0.5) is 5.69 Å². The highest BCUT2D eigenvalue weighted by Crippen LogP contribution is 2.27. The van der Waals surface area contributed by atoms with Gasteiger partial charge in [-0.2, -0.15) is 0 Å². The number of carbonyl (C=O) groups excluding carboxylic acids is 1. The van der Waals surface area contributed by atoms with E-state index in [1.807, 2.05) is 0 Å². The van der Waals surface area contributed by atoms with E-state index in [2.05, 4.69) is 5.32 Å². The molecule has 0 aliphatic rings. The summed E-state index contributed by atoms with van der Waals surface area (Å²) in [6, 6.07) is 8.87. The number of sulfonamides is 1. The molecule has 0 aliphatic carbocycles. The van der Waals surface area contributed by atoms with E-state index in [0.29, 0.717) is 16.8 Å². The lowest BCUT2D eigenvalue weighted by molar-refractivity contribution is 0.102. The van der Waals surface area contributed by atoms with E-state index >= 15 is 0 Å². The predicted molar refractivity (Wildman–Crippen MR) is 109 cm³/mol. The van der Waals surface area contributed by atoms with Gasteiger partial charge in [0.05, 0.1) is 21.1 Å². The molecule has 7 nitrogen and oxygen atoms in total. The van der Waals surface area contributed by atoms with Crippen LogP contribution in [0.1, 0.15) is 28.4 Å². The van der Waals surface area contributed by atoms with Crippen molar-refractivity contribution in [2.45, 2.75) is 30.6 Å². The first-order valence-electron chi connectivity index (χ1n) is 8.58. The van der Waals surface area contributed by atoms with Gasteiger partial charge in [-0.25, -0.2) is 21.1 Å². The second kappa shape index (κ2) is 8.02. The molecule has 0 atom stereocenters. The zero-order valence-corrected chi connectivity index (χ0v) is 18.1. The number of hydrogen-bond acceptors (Lipinski definition) is 5. The standard InChI is InChI=1S/C19H24N2O5S2/c1-6-27(23,24)18-10-8-7-9-16(18)19(22)20-17-12-15(11-13(2)14(17)3)28(25,26)21(4)5/h7-12H,6H2,1-5H3,(H,20,22). The number of carbonyl (C=O) groups is 1. The molecule has 0 aromatic heterocycles. The Morgan fingerprint density at radius 3 is 2.21 bits per heavy atom. The summed E-state index contributed by atoms with van der Waals surface area (Å²) in [6.45, 7) is 5.01. The van der Waals surface area contributed by atoms with Crippen LogP contribution in [0.2, 0.25) is 0 Å². The molecule has 9 heteroatoms. The molecule has 0 spiro atoms. The third-order valence-corrected chi connectivity index (χ3v) is 8.09. The van der Waals surface area contributed by atoms with Crippen molar-refractivity contribution >= 4 is 31.5 Å². The van der Waals surface area contributed by atoms with Crippen molar-refractivity contribution in [1.82, 2.24) is 4.31 Å². The van der Waals surface area contributed by atoms with E-state index in [4.69, 9.17) is 0 Å². The van der Waals surface area contributed by atoms with Gasteiger partial charge in [-0.1, -0.05) is 19.1 Å². The normalized spacial score (nSPS) is 12.2. The highest BCUT2D eigenvalue weighted by Gasteiger charge is 2.23. The summed E-state index contributed by atoms with van der Waals surface area (Å²) in [5.74, 6) is -0.749. The van der Waals surface area contributed by atoms with Crippen LogP contribution in [-0.4, -0.2) is 46.9 Å². The summed E-state index contributed by atoms with van der Waals surface area (Å²) in [7, 11) is -4.43. The van der Waals surface area contributed by atoms with Crippen LogP contribution < -0.4 is 5.32 Å². The van der Waals surface area contributed by atoms with Gasteiger partial charge in [0.15, 0.2) is 9.84 Å². The predicted octanol–water partition coefficient (Wildman–Crippen LogP) is 2.60. The quantitative estimate of drug-likeness (QED) is 0.768. The molecular formula is C19H24N2O5S2. The lowest BCUT2D eigenvalue weighted by atomic mass is 10.1. The van der Waals surface area contributed by atoms with Crippen LogP contribution >= 0.6 is 0 Å². The molecule has 0 radical (unpaired) electrons. The molecule has 0 unspecified atom stereocenters.